The van der Waals surface area contributed by atoms with Gasteiger partial charge in [-0.15, -0.1) is 0 Å². The summed E-state index contributed by atoms with van der Waals surface area (Å²) in [5.41, 5.74) is 1.41. The van der Waals surface area contributed by atoms with E-state index in [1.54, 1.807) is 36.4 Å². The minimum Gasteiger partial charge on any atom is -0.348 e. The number of rotatable bonds is 5. The molecule has 2 rings (SSSR count). The van der Waals surface area contributed by atoms with Crippen molar-refractivity contribution in [1.82, 2.24) is 10.6 Å². The molecule has 2 aromatic rings. The van der Waals surface area contributed by atoms with Gasteiger partial charge in [0.2, 0.25) is 5.91 Å². The molecule has 2 amide bonds. The van der Waals surface area contributed by atoms with Crippen molar-refractivity contribution in [3.63, 3.8) is 0 Å². The number of halogens is 2. The highest BCUT2D eigenvalue weighted by Crippen LogP contribution is 2.17. The highest BCUT2D eigenvalue weighted by Gasteiger charge is 2.12. The van der Waals surface area contributed by atoms with Gasteiger partial charge < -0.3 is 10.6 Å². The fraction of sp³-hybridized carbons (Fsp3) is 0.176. The van der Waals surface area contributed by atoms with E-state index in [1.165, 1.54) is 0 Å². The molecule has 0 aromatic heterocycles. The van der Waals surface area contributed by atoms with Gasteiger partial charge in [-0.25, -0.2) is 0 Å². The van der Waals surface area contributed by atoms with Gasteiger partial charge in [-0.2, -0.15) is 0 Å². The quantitative estimate of drug-likeness (QED) is 0.811. The molecule has 0 heterocycles. The number of carbonyl (C=O) groups is 2. The number of amides is 2. The number of carbonyl (C=O) groups excluding carboxylic acids is 2. The summed E-state index contributed by atoms with van der Waals surface area (Å²) in [6, 6.07) is 14.0. The third-order valence-electron chi connectivity index (χ3n) is 3.24. The lowest BCUT2D eigenvalue weighted by molar-refractivity contribution is -0.120. The average Bonchev–Trinajstić information content (AvgIpc) is 2.53. The fourth-order valence-electron chi connectivity index (χ4n) is 2.02. The summed E-state index contributed by atoms with van der Waals surface area (Å²) in [6.45, 7) is 1.78. The second-order valence-electron chi connectivity index (χ2n) is 5.03. The van der Waals surface area contributed by atoms with E-state index in [0.29, 0.717) is 10.6 Å². The third kappa shape index (κ3) is 5.37. The molecule has 2 N–H and O–H groups in total. The molecule has 0 aliphatic heterocycles. The topological polar surface area (TPSA) is 58.2 Å². The number of hydrogen-bond donors (Lipinski definition) is 2. The van der Waals surface area contributed by atoms with Crippen molar-refractivity contribution >= 4 is 39.3 Å². The van der Waals surface area contributed by atoms with Crippen LogP contribution in [0.25, 0.3) is 0 Å². The summed E-state index contributed by atoms with van der Waals surface area (Å²) in [6.07, 6.45) is 0. The molecule has 0 aliphatic carbocycles. The van der Waals surface area contributed by atoms with Crippen molar-refractivity contribution in [3.8, 4) is 0 Å². The standard InChI is InChI=1S/C17H16BrClN2O2/c1-11(13-3-2-4-15(19)9-13)21-16(22)10-20-17(23)12-5-7-14(18)8-6-12/h2-9,11H,10H2,1H3,(H,20,23)(H,21,22)/t11-/m1/s1. The summed E-state index contributed by atoms with van der Waals surface area (Å²) in [7, 11) is 0. The molecule has 120 valence electrons. The van der Waals surface area contributed by atoms with Gasteiger partial charge in [0.25, 0.3) is 5.91 Å². The van der Waals surface area contributed by atoms with Crippen LogP contribution in [0.15, 0.2) is 53.0 Å². The minimum atomic E-state index is -0.289. The van der Waals surface area contributed by atoms with E-state index in [9.17, 15) is 9.59 Å². The Bertz CT molecular complexity index is 704. The van der Waals surface area contributed by atoms with Crippen LogP contribution < -0.4 is 10.6 Å². The van der Waals surface area contributed by atoms with Crippen molar-refractivity contribution in [1.29, 1.82) is 0 Å². The van der Waals surface area contributed by atoms with Gasteiger partial charge in [-0.05, 0) is 48.9 Å². The molecule has 2 aromatic carbocycles. The Hall–Kier alpha value is -1.85. The molecule has 0 bridgehead atoms. The lowest BCUT2D eigenvalue weighted by Gasteiger charge is -2.15. The van der Waals surface area contributed by atoms with Crippen LogP contribution in [0.2, 0.25) is 5.02 Å². The van der Waals surface area contributed by atoms with Gasteiger partial charge in [0.15, 0.2) is 0 Å². The maximum absolute atomic E-state index is 11.9. The first kappa shape index (κ1) is 17.5. The predicted molar refractivity (Wildman–Crippen MR) is 94.5 cm³/mol. The Morgan fingerprint density at radius 1 is 1.17 bits per heavy atom. The average molecular weight is 396 g/mol. The first-order valence-corrected chi connectivity index (χ1v) is 8.21. The van der Waals surface area contributed by atoms with E-state index in [4.69, 9.17) is 11.6 Å². The molecule has 23 heavy (non-hydrogen) atoms. The van der Waals surface area contributed by atoms with Gasteiger partial charge in [0.05, 0.1) is 12.6 Å². The zero-order chi connectivity index (χ0) is 16.8. The summed E-state index contributed by atoms with van der Waals surface area (Å²) in [5.74, 6) is -0.550. The summed E-state index contributed by atoms with van der Waals surface area (Å²) < 4.78 is 0.891. The third-order valence-corrected chi connectivity index (χ3v) is 4.01. The van der Waals surface area contributed by atoms with E-state index in [0.717, 1.165) is 10.0 Å². The zero-order valence-corrected chi connectivity index (χ0v) is 14.8. The summed E-state index contributed by atoms with van der Waals surface area (Å²) >= 11 is 9.24. The smallest absolute Gasteiger partial charge is 0.251 e. The number of benzene rings is 2. The van der Waals surface area contributed by atoms with Crippen LogP contribution in [0.1, 0.15) is 28.9 Å². The van der Waals surface area contributed by atoms with E-state index in [1.807, 2.05) is 19.1 Å². The lowest BCUT2D eigenvalue weighted by atomic mass is 10.1. The van der Waals surface area contributed by atoms with Gasteiger partial charge in [0.1, 0.15) is 0 Å². The van der Waals surface area contributed by atoms with Crippen LogP contribution in [-0.4, -0.2) is 18.4 Å². The largest absolute Gasteiger partial charge is 0.348 e. The first-order chi connectivity index (χ1) is 11.0. The number of nitrogens with one attached hydrogen (secondary N) is 2. The van der Waals surface area contributed by atoms with Crippen LogP contribution in [0.5, 0.6) is 0 Å². The maximum Gasteiger partial charge on any atom is 0.251 e. The van der Waals surface area contributed by atoms with Crippen LogP contribution in [0.4, 0.5) is 0 Å². The minimum absolute atomic E-state index is 0.0835. The highest BCUT2D eigenvalue weighted by molar-refractivity contribution is 9.10. The molecular weight excluding hydrogens is 380 g/mol. The second-order valence-corrected chi connectivity index (χ2v) is 6.39. The van der Waals surface area contributed by atoms with E-state index < -0.39 is 0 Å². The second kappa shape index (κ2) is 8.13. The number of hydrogen-bond acceptors (Lipinski definition) is 2. The monoisotopic (exact) mass is 394 g/mol. The van der Waals surface area contributed by atoms with Gasteiger partial charge >= 0.3 is 0 Å². The van der Waals surface area contributed by atoms with Crippen molar-refractivity contribution in [2.45, 2.75) is 13.0 Å². The van der Waals surface area contributed by atoms with E-state index >= 15 is 0 Å². The van der Waals surface area contributed by atoms with E-state index in [-0.39, 0.29) is 24.4 Å². The predicted octanol–water partition coefficient (Wildman–Crippen LogP) is 3.71. The highest BCUT2D eigenvalue weighted by atomic mass is 79.9. The Kier molecular flexibility index (Phi) is 6.19. The molecule has 0 saturated heterocycles. The van der Waals surface area contributed by atoms with Crippen molar-refractivity contribution in [2.75, 3.05) is 6.54 Å². The molecule has 0 radical (unpaired) electrons. The van der Waals surface area contributed by atoms with Crippen molar-refractivity contribution in [3.05, 3.63) is 69.2 Å². The summed E-state index contributed by atoms with van der Waals surface area (Å²) in [4.78, 5) is 23.9. The fourth-order valence-corrected chi connectivity index (χ4v) is 2.48. The van der Waals surface area contributed by atoms with Crippen molar-refractivity contribution in [2.24, 2.45) is 0 Å². The zero-order valence-electron chi connectivity index (χ0n) is 12.5. The van der Waals surface area contributed by atoms with Gasteiger partial charge in [-0.1, -0.05) is 39.7 Å². The molecule has 6 heteroatoms. The Labute approximate surface area is 148 Å². The summed E-state index contributed by atoms with van der Waals surface area (Å²) in [5, 5.41) is 6.03. The first-order valence-electron chi connectivity index (χ1n) is 7.04. The van der Waals surface area contributed by atoms with Crippen LogP contribution >= 0.6 is 27.5 Å². The van der Waals surface area contributed by atoms with Crippen LogP contribution in [0.3, 0.4) is 0 Å². The molecule has 0 fully saturated rings. The maximum atomic E-state index is 11.9. The Balaban J connectivity index is 1.85. The van der Waals surface area contributed by atoms with Gasteiger partial charge in [-0.3, -0.25) is 9.59 Å². The molecule has 0 unspecified atom stereocenters. The Morgan fingerprint density at radius 3 is 2.52 bits per heavy atom. The molecular formula is C17H16BrClN2O2. The van der Waals surface area contributed by atoms with Crippen LogP contribution in [0, 0.1) is 0 Å². The van der Waals surface area contributed by atoms with Crippen molar-refractivity contribution < 1.29 is 9.59 Å². The SMILES string of the molecule is C[C@@H](NC(=O)CNC(=O)c1ccc(Br)cc1)c1cccc(Cl)c1. The normalized spacial score (nSPS) is 11.6. The molecule has 0 saturated carbocycles. The van der Waals surface area contributed by atoms with Gasteiger partial charge in [0, 0.05) is 15.1 Å². The molecule has 0 aliphatic rings. The van der Waals surface area contributed by atoms with E-state index in [2.05, 4.69) is 26.6 Å². The molecule has 0 spiro atoms. The molecule has 1 atom stereocenters. The van der Waals surface area contributed by atoms with Crippen LogP contribution in [-0.2, 0) is 4.79 Å². The lowest BCUT2D eigenvalue weighted by Crippen LogP contribution is -2.38. The Morgan fingerprint density at radius 2 is 1.87 bits per heavy atom. The molecule has 4 nitrogen and oxygen atoms in total.